The van der Waals surface area contributed by atoms with Crippen LogP contribution in [-0.2, 0) is 19.1 Å². The molecular weight excluding hydrogens is 382 g/mol. The van der Waals surface area contributed by atoms with Crippen molar-refractivity contribution in [2.75, 3.05) is 0 Å². The van der Waals surface area contributed by atoms with Crippen LogP contribution in [-0.4, -0.2) is 36.5 Å². The van der Waals surface area contributed by atoms with Gasteiger partial charge in [-0.2, -0.15) is 26.3 Å². The summed E-state index contributed by atoms with van der Waals surface area (Å²) in [7, 11) is 0. The number of esters is 2. The van der Waals surface area contributed by atoms with Crippen molar-refractivity contribution in [3.63, 3.8) is 0 Å². The van der Waals surface area contributed by atoms with Gasteiger partial charge in [-0.05, 0) is 25.7 Å². The molecule has 160 valence electrons. The van der Waals surface area contributed by atoms with Gasteiger partial charge in [0.25, 0.3) is 0 Å². The van der Waals surface area contributed by atoms with Crippen LogP contribution in [0.25, 0.3) is 0 Å². The number of carbonyl (C=O) groups is 2. The lowest BCUT2D eigenvalue weighted by molar-refractivity contribution is -0.221. The zero-order valence-corrected chi connectivity index (χ0v) is 15.4. The van der Waals surface area contributed by atoms with Gasteiger partial charge in [-0.1, -0.05) is 32.1 Å². The van der Waals surface area contributed by atoms with E-state index in [2.05, 4.69) is 9.47 Å². The van der Waals surface area contributed by atoms with Gasteiger partial charge in [-0.3, -0.25) is 9.59 Å². The van der Waals surface area contributed by atoms with Crippen molar-refractivity contribution in [3.8, 4) is 0 Å². The molecule has 27 heavy (non-hydrogen) atoms. The van der Waals surface area contributed by atoms with Crippen molar-refractivity contribution in [1.82, 2.24) is 0 Å². The number of halogens is 6. The van der Waals surface area contributed by atoms with E-state index in [9.17, 15) is 35.9 Å². The summed E-state index contributed by atoms with van der Waals surface area (Å²) in [6, 6.07) is 0. The van der Waals surface area contributed by atoms with E-state index >= 15 is 0 Å². The Morgan fingerprint density at radius 2 is 0.889 bits per heavy atom. The summed E-state index contributed by atoms with van der Waals surface area (Å²) in [5, 5.41) is 0. The van der Waals surface area contributed by atoms with E-state index in [1.165, 1.54) is 0 Å². The third-order valence-electron chi connectivity index (χ3n) is 3.78. The van der Waals surface area contributed by atoms with Crippen molar-refractivity contribution in [1.29, 1.82) is 0 Å². The molecule has 10 heteroatoms. The Morgan fingerprint density at radius 3 is 1.11 bits per heavy atom. The summed E-state index contributed by atoms with van der Waals surface area (Å²) < 4.78 is 84.3. The summed E-state index contributed by atoms with van der Waals surface area (Å²) in [4.78, 5) is 21.4. The molecule has 0 aromatic carbocycles. The maximum atomic E-state index is 12.6. The van der Waals surface area contributed by atoms with E-state index in [0.717, 1.165) is 13.8 Å². The summed E-state index contributed by atoms with van der Waals surface area (Å²) in [6.07, 6.45) is -10.6. The van der Waals surface area contributed by atoms with Gasteiger partial charge in [-0.15, -0.1) is 0 Å². The molecule has 0 spiro atoms. The van der Waals surface area contributed by atoms with Crippen molar-refractivity contribution in [2.24, 2.45) is 0 Å². The minimum absolute atomic E-state index is 0.236. The van der Waals surface area contributed by atoms with Crippen LogP contribution in [0.3, 0.4) is 0 Å². The van der Waals surface area contributed by atoms with Crippen LogP contribution in [0, 0.1) is 0 Å². The van der Waals surface area contributed by atoms with Gasteiger partial charge < -0.3 is 9.47 Å². The fraction of sp³-hybridized carbons (Fsp3) is 0.882. The third-order valence-corrected chi connectivity index (χ3v) is 3.78. The fourth-order valence-corrected chi connectivity index (χ4v) is 2.52. The topological polar surface area (TPSA) is 52.6 Å². The number of carbonyl (C=O) groups excluding carboxylic acids is 2. The standard InChI is InChI=1S/C17H26F6O4/c1-12(24)26-14(16(18,19)20)10-8-6-4-3-5-7-9-11-15(17(21,22)23)27-13(2)25/h14-15H,3-11H2,1-2H3/t14-,15-/m0/s1. The molecular formula is C17H26F6O4. The first kappa shape index (κ1) is 25.5. The molecule has 2 atom stereocenters. The van der Waals surface area contributed by atoms with Crippen LogP contribution in [0.15, 0.2) is 0 Å². The van der Waals surface area contributed by atoms with Gasteiger partial charge in [0.05, 0.1) is 0 Å². The number of rotatable bonds is 12. The molecule has 0 aromatic heterocycles. The van der Waals surface area contributed by atoms with E-state index < -0.39 is 36.5 Å². The summed E-state index contributed by atoms with van der Waals surface area (Å²) in [6.45, 7) is 1.84. The number of hydrogen-bond acceptors (Lipinski definition) is 4. The molecule has 0 aromatic rings. The molecule has 0 saturated carbocycles. The highest BCUT2D eigenvalue weighted by Gasteiger charge is 2.42. The number of unbranched alkanes of at least 4 members (excludes halogenated alkanes) is 6. The SMILES string of the molecule is CC(=O)O[C@@H](CCCCCCCCC[C@H](OC(C)=O)C(F)(F)F)C(F)(F)F. The molecule has 0 unspecified atom stereocenters. The third kappa shape index (κ3) is 13.4. The highest BCUT2D eigenvalue weighted by atomic mass is 19.4. The van der Waals surface area contributed by atoms with Gasteiger partial charge >= 0.3 is 24.3 Å². The minimum atomic E-state index is -4.59. The van der Waals surface area contributed by atoms with E-state index in [4.69, 9.17) is 0 Å². The second-order valence-electron chi connectivity index (χ2n) is 6.33. The lowest BCUT2D eigenvalue weighted by Crippen LogP contribution is -2.33. The molecule has 0 fully saturated rings. The molecule has 0 aliphatic heterocycles. The zero-order chi connectivity index (χ0) is 21.1. The Labute approximate surface area is 154 Å². The van der Waals surface area contributed by atoms with Gasteiger partial charge in [0.2, 0.25) is 0 Å². The predicted octanol–water partition coefficient (Wildman–Crippen LogP) is 5.49. The van der Waals surface area contributed by atoms with Crippen molar-refractivity contribution in [2.45, 2.75) is 96.2 Å². The zero-order valence-electron chi connectivity index (χ0n) is 15.4. The molecule has 0 heterocycles. The van der Waals surface area contributed by atoms with E-state index in [1.54, 1.807) is 0 Å². The number of hydrogen-bond donors (Lipinski definition) is 0. The van der Waals surface area contributed by atoms with Gasteiger partial charge in [0, 0.05) is 13.8 Å². The van der Waals surface area contributed by atoms with Crippen LogP contribution in [0.4, 0.5) is 26.3 Å². The van der Waals surface area contributed by atoms with Crippen LogP contribution in [0.2, 0.25) is 0 Å². The van der Waals surface area contributed by atoms with Gasteiger partial charge in [0.1, 0.15) is 0 Å². The largest absolute Gasteiger partial charge is 0.453 e. The first-order valence-corrected chi connectivity index (χ1v) is 8.82. The Hall–Kier alpha value is -1.48. The molecule has 0 saturated heterocycles. The summed E-state index contributed by atoms with van der Waals surface area (Å²) in [5.74, 6) is -1.97. The average molecular weight is 408 g/mol. The molecule has 0 aliphatic rings. The van der Waals surface area contributed by atoms with Crippen LogP contribution < -0.4 is 0 Å². The number of alkyl halides is 6. The van der Waals surface area contributed by atoms with Gasteiger partial charge in [-0.25, -0.2) is 0 Å². The number of ether oxygens (including phenoxy) is 2. The normalized spacial score (nSPS) is 14.5. The quantitative estimate of drug-likeness (QED) is 0.244. The minimum Gasteiger partial charge on any atom is -0.453 e. The van der Waals surface area contributed by atoms with E-state index in [-0.39, 0.29) is 25.7 Å². The van der Waals surface area contributed by atoms with Crippen molar-refractivity contribution in [3.05, 3.63) is 0 Å². The molecule has 4 nitrogen and oxygen atoms in total. The van der Waals surface area contributed by atoms with E-state index in [0.29, 0.717) is 32.1 Å². The highest BCUT2D eigenvalue weighted by Crippen LogP contribution is 2.28. The molecule has 0 amide bonds. The first-order valence-electron chi connectivity index (χ1n) is 8.82. The Kier molecular flexibility index (Phi) is 11.4. The second kappa shape index (κ2) is 12.1. The maximum absolute atomic E-state index is 12.6. The van der Waals surface area contributed by atoms with Crippen LogP contribution in [0.1, 0.15) is 71.6 Å². The smallest absolute Gasteiger partial charge is 0.425 e. The molecule has 0 N–H and O–H groups in total. The van der Waals surface area contributed by atoms with Gasteiger partial charge in [0.15, 0.2) is 12.2 Å². The Bertz CT molecular complexity index is 408. The van der Waals surface area contributed by atoms with Crippen molar-refractivity contribution >= 4 is 11.9 Å². The molecule has 0 radical (unpaired) electrons. The average Bonchev–Trinajstić information content (AvgIpc) is 2.48. The predicted molar refractivity (Wildman–Crippen MR) is 84.8 cm³/mol. The lowest BCUT2D eigenvalue weighted by Gasteiger charge is -2.20. The monoisotopic (exact) mass is 408 g/mol. The fourth-order valence-electron chi connectivity index (χ4n) is 2.52. The highest BCUT2D eigenvalue weighted by molar-refractivity contribution is 5.66. The summed E-state index contributed by atoms with van der Waals surface area (Å²) in [5.41, 5.74) is 0. The Morgan fingerprint density at radius 1 is 0.630 bits per heavy atom. The Balaban J connectivity index is 3.88. The molecule has 0 aliphatic carbocycles. The van der Waals surface area contributed by atoms with E-state index in [1.807, 2.05) is 0 Å². The lowest BCUT2D eigenvalue weighted by atomic mass is 10.0. The van der Waals surface area contributed by atoms with Crippen LogP contribution in [0.5, 0.6) is 0 Å². The van der Waals surface area contributed by atoms with Crippen LogP contribution >= 0.6 is 0 Å². The summed E-state index contributed by atoms with van der Waals surface area (Å²) >= 11 is 0. The first-order chi connectivity index (χ1) is 12.3. The maximum Gasteiger partial charge on any atom is 0.425 e. The van der Waals surface area contributed by atoms with Crippen molar-refractivity contribution < 1.29 is 45.4 Å². The molecule has 0 bridgehead atoms. The molecule has 0 rings (SSSR count). The second-order valence-corrected chi connectivity index (χ2v) is 6.33.